The zero-order valence-corrected chi connectivity index (χ0v) is 17.7. The average molecular weight is 433 g/mol. The number of thiazole rings is 1. The number of hydrogen-bond donors (Lipinski definition) is 0. The van der Waals surface area contributed by atoms with Crippen molar-refractivity contribution in [2.75, 3.05) is 0 Å². The predicted molar refractivity (Wildman–Crippen MR) is 123 cm³/mol. The Bertz CT molecular complexity index is 1490. The molecule has 0 aliphatic carbocycles. The normalized spacial score (nSPS) is 12.1. The first kappa shape index (κ1) is 18.9. The third-order valence-electron chi connectivity index (χ3n) is 4.92. The molecule has 2 heterocycles. The number of imidazole rings is 1. The van der Waals surface area contributed by atoms with Crippen LogP contribution in [-0.4, -0.2) is 9.38 Å². The summed E-state index contributed by atoms with van der Waals surface area (Å²) in [6.45, 7) is 2.49. The van der Waals surface area contributed by atoms with Gasteiger partial charge in [0, 0.05) is 10.6 Å². The van der Waals surface area contributed by atoms with E-state index in [1.807, 2.05) is 54.6 Å². The number of aromatic nitrogens is 2. The van der Waals surface area contributed by atoms with Gasteiger partial charge in [0.1, 0.15) is 12.4 Å². The van der Waals surface area contributed by atoms with Gasteiger partial charge in [0.2, 0.25) is 0 Å². The first-order valence-corrected chi connectivity index (χ1v) is 10.7. The van der Waals surface area contributed by atoms with E-state index in [0.29, 0.717) is 26.9 Å². The molecule has 6 heteroatoms. The molecule has 0 N–H and O–H groups in total. The van der Waals surface area contributed by atoms with Gasteiger partial charge in [0.25, 0.3) is 5.56 Å². The van der Waals surface area contributed by atoms with Gasteiger partial charge >= 0.3 is 0 Å². The van der Waals surface area contributed by atoms with E-state index in [2.05, 4.69) is 24.0 Å². The van der Waals surface area contributed by atoms with Crippen LogP contribution in [0.5, 0.6) is 5.75 Å². The van der Waals surface area contributed by atoms with Gasteiger partial charge < -0.3 is 4.74 Å². The monoisotopic (exact) mass is 432 g/mol. The zero-order valence-electron chi connectivity index (χ0n) is 16.1. The van der Waals surface area contributed by atoms with E-state index in [0.717, 1.165) is 22.2 Å². The molecule has 0 aliphatic rings. The number of benzene rings is 3. The van der Waals surface area contributed by atoms with Crippen LogP contribution in [0.25, 0.3) is 22.1 Å². The number of para-hydroxylation sites is 2. The lowest BCUT2D eigenvalue weighted by atomic mass is 10.1. The number of nitrogens with zero attached hydrogens (tertiary/aromatic N) is 2. The third kappa shape index (κ3) is 3.47. The molecule has 0 radical (unpaired) electrons. The molecule has 0 amide bonds. The molecule has 0 unspecified atom stereocenters. The van der Waals surface area contributed by atoms with Crippen molar-refractivity contribution < 1.29 is 4.74 Å². The molecule has 5 rings (SSSR count). The molecule has 4 nitrogen and oxygen atoms in total. The Morgan fingerprint density at radius 2 is 1.90 bits per heavy atom. The maximum absolute atomic E-state index is 13.0. The molecule has 5 aromatic rings. The van der Waals surface area contributed by atoms with Crippen molar-refractivity contribution in [3.63, 3.8) is 0 Å². The Morgan fingerprint density at radius 3 is 2.73 bits per heavy atom. The molecule has 0 bridgehead atoms. The van der Waals surface area contributed by atoms with Gasteiger partial charge in [-0.25, -0.2) is 9.38 Å². The highest BCUT2D eigenvalue weighted by Gasteiger charge is 2.11. The van der Waals surface area contributed by atoms with Crippen molar-refractivity contribution in [3.05, 3.63) is 103 Å². The average Bonchev–Trinajstić information content (AvgIpc) is 3.25. The fourth-order valence-corrected chi connectivity index (χ4v) is 4.52. The van der Waals surface area contributed by atoms with E-state index in [1.165, 1.54) is 16.9 Å². The van der Waals surface area contributed by atoms with Crippen molar-refractivity contribution in [1.29, 1.82) is 0 Å². The minimum atomic E-state index is -0.0897. The number of fused-ring (bicyclic) bond motifs is 3. The van der Waals surface area contributed by atoms with Crippen LogP contribution in [0, 0.1) is 6.92 Å². The van der Waals surface area contributed by atoms with Gasteiger partial charge in [-0.05, 0) is 48.9 Å². The van der Waals surface area contributed by atoms with E-state index in [4.69, 9.17) is 16.3 Å². The van der Waals surface area contributed by atoms with Gasteiger partial charge in [0.05, 0.1) is 15.6 Å². The molecule has 2 aromatic heterocycles. The lowest BCUT2D eigenvalue weighted by Crippen LogP contribution is -2.22. The van der Waals surface area contributed by atoms with Crippen molar-refractivity contribution in [1.82, 2.24) is 9.38 Å². The Kier molecular flexibility index (Phi) is 4.77. The van der Waals surface area contributed by atoms with Crippen LogP contribution in [0.15, 0.2) is 71.5 Å². The second-order valence-electron chi connectivity index (χ2n) is 7.09. The largest absolute Gasteiger partial charge is 0.488 e. The first-order valence-electron chi connectivity index (χ1n) is 9.48. The molecule has 0 fully saturated rings. The minimum Gasteiger partial charge on any atom is -0.488 e. The third-order valence-corrected chi connectivity index (χ3v) is 6.12. The smallest absolute Gasteiger partial charge is 0.274 e. The Balaban J connectivity index is 1.56. The van der Waals surface area contributed by atoms with E-state index < -0.39 is 0 Å². The maximum Gasteiger partial charge on any atom is 0.274 e. The van der Waals surface area contributed by atoms with Crippen LogP contribution in [0.3, 0.4) is 0 Å². The van der Waals surface area contributed by atoms with Gasteiger partial charge in [-0.15, -0.1) is 0 Å². The number of ether oxygens (including phenoxy) is 1. The van der Waals surface area contributed by atoms with Gasteiger partial charge in [0.15, 0.2) is 4.96 Å². The summed E-state index contributed by atoms with van der Waals surface area (Å²) in [5, 5.41) is 0.586. The van der Waals surface area contributed by atoms with Crippen LogP contribution in [-0.2, 0) is 6.61 Å². The summed E-state index contributed by atoms with van der Waals surface area (Å²) in [5.41, 5.74) is 4.59. The van der Waals surface area contributed by atoms with Crippen molar-refractivity contribution >= 4 is 45.0 Å². The second-order valence-corrected chi connectivity index (χ2v) is 8.54. The molecular weight excluding hydrogens is 416 g/mol. The fraction of sp³-hybridized carbons (Fsp3) is 0.0833. The molecule has 3 aromatic carbocycles. The highest BCUT2D eigenvalue weighted by atomic mass is 35.5. The Labute approximate surface area is 181 Å². The fourth-order valence-electron chi connectivity index (χ4n) is 3.36. The van der Waals surface area contributed by atoms with Crippen LogP contribution >= 0.6 is 22.9 Å². The lowest BCUT2D eigenvalue weighted by Gasteiger charge is -2.10. The summed E-state index contributed by atoms with van der Waals surface area (Å²) in [6, 6.07) is 21.3. The lowest BCUT2D eigenvalue weighted by molar-refractivity contribution is 0.305. The van der Waals surface area contributed by atoms with Crippen LogP contribution < -0.4 is 14.8 Å². The van der Waals surface area contributed by atoms with Crippen LogP contribution in [0.2, 0.25) is 5.02 Å². The van der Waals surface area contributed by atoms with Gasteiger partial charge in [-0.2, -0.15) is 0 Å². The second kappa shape index (κ2) is 7.59. The topological polar surface area (TPSA) is 43.6 Å². The molecule has 0 saturated carbocycles. The molecule has 0 saturated heterocycles. The quantitative estimate of drug-likeness (QED) is 0.401. The van der Waals surface area contributed by atoms with E-state index in [-0.39, 0.29) is 5.56 Å². The standard InChI is InChI=1S/C24H17ClN2O2S/c1-15-6-8-16(9-7-15)14-29-21-11-10-18(25)12-17(21)13-22-23(28)27-20-5-3-2-4-19(20)26-24(27)30-22/h2-13H,14H2,1H3/b22-13+. The molecule has 148 valence electrons. The zero-order chi connectivity index (χ0) is 20.7. The summed E-state index contributed by atoms with van der Waals surface area (Å²) < 4.78 is 8.29. The summed E-state index contributed by atoms with van der Waals surface area (Å²) in [5.74, 6) is 0.676. The number of rotatable bonds is 4. The summed E-state index contributed by atoms with van der Waals surface area (Å²) in [7, 11) is 0. The molecule has 0 aliphatic heterocycles. The van der Waals surface area contributed by atoms with Crippen molar-refractivity contribution in [3.8, 4) is 5.75 Å². The molecular formula is C24H17ClN2O2S. The van der Waals surface area contributed by atoms with Crippen molar-refractivity contribution in [2.45, 2.75) is 13.5 Å². The Hall–Kier alpha value is -3.15. The van der Waals surface area contributed by atoms with E-state index in [1.54, 1.807) is 10.5 Å². The Morgan fingerprint density at radius 1 is 1.10 bits per heavy atom. The van der Waals surface area contributed by atoms with E-state index >= 15 is 0 Å². The highest BCUT2D eigenvalue weighted by Crippen LogP contribution is 2.25. The number of aryl methyl sites for hydroxylation is 1. The SMILES string of the molecule is Cc1ccc(COc2ccc(Cl)cc2/C=c2/sc3nc4ccccc4n3c2=O)cc1. The molecule has 0 atom stereocenters. The highest BCUT2D eigenvalue weighted by molar-refractivity contribution is 7.15. The van der Waals surface area contributed by atoms with Crippen LogP contribution in [0.4, 0.5) is 0 Å². The summed E-state index contributed by atoms with van der Waals surface area (Å²) in [4.78, 5) is 18.3. The van der Waals surface area contributed by atoms with Gasteiger partial charge in [-0.1, -0.05) is 64.9 Å². The summed E-state index contributed by atoms with van der Waals surface area (Å²) in [6.07, 6.45) is 1.83. The van der Waals surface area contributed by atoms with Crippen LogP contribution in [0.1, 0.15) is 16.7 Å². The number of halogens is 1. The van der Waals surface area contributed by atoms with Crippen molar-refractivity contribution in [2.24, 2.45) is 0 Å². The first-order chi connectivity index (χ1) is 14.6. The van der Waals surface area contributed by atoms with Gasteiger partial charge in [-0.3, -0.25) is 4.79 Å². The summed E-state index contributed by atoms with van der Waals surface area (Å²) >= 11 is 7.59. The predicted octanol–water partition coefficient (Wildman–Crippen LogP) is 5.00. The minimum absolute atomic E-state index is 0.0897. The maximum atomic E-state index is 13.0. The molecule has 30 heavy (non-hydrogen) atoms. The number of hydrogen-bond acceptors (Lipinski definition) is 4. The molecule has 0 spiro atoms. The van der Waals surface area contributed by atoms with E-state index in [9.17, 15) is 4.79 Å².